The third-order valence-corrected chi connectivity index (χ3v) is 7.32. The largest absolute Gasteiger partial charge is 0.481 e. The van der Waals surface area contributed by atoms with Crippen LogP contribution < -0.4 is 0 Å². The van der Waals surface area contributed by atoms with E-state index < -0.39 is 16.0 Å². The van der Waals surface area contributed by atoms with E-state index in [0.29, 0.717) is 32.8 Å². The van der Waals surface area contributed by atoms with E-state index in [0.717, 1.165) is 27.9 Å². The van der Waals surface area contributed by atoms with Gasteiger partial charge in [-0.1, -0.05) is 12.1 Å². The first-order valence-corrected chi connectivity index (χ1v) is 11.1. The Kier molecular flexibility index (Phi) is 5.59. The predicted molar refractivity (Wildman–Crippen MR) is 111 cm³/mol. The molecule has 0 radical (unpaired) electrons. The Morgan fingerprint density at radius 3 is 2.53 bits per heavy atom. The van der Waals surface area contributed by atoms with E-state index in [2.05, 4.69) is 4.98 Å². The Labute approximate surface area is 174 Å². The van der Waals surface area contributed by atoms with Crippen LogP contribution >= 0.6 is 0 Å². The van der Waals surface area contributed by atoms with Crippen LogP contribution in [0.1, 0.15) is 16.8 Å². The summed E-state index contributed by atoms with van der Waals surface area (Å²) in [6.45, 7) is 3.88. The molecule has 9 heteroatoms. The second kappa shape index (κ2) is 8.17. The number of hydrogen-bond acceptors (Lipinski definition) is 5. The van der Waals surface area contributed by atoms with Gasteiger partial charge in [-0.2, -0.15) is 4.31 Å². The molecule has 1 saturated heterocycles. The number of carboxylic acids is 1. The molecule has 158 valence electrons. The van der Waals surface area contributed by atoms with E-state index in [4.69, 9.17) is 4.74 Å². The van der Waals surface area contributed by atoms with E-state index in [9.17, 15) is 18.3 Å². The number of pyridine rings is 1. The molecule has 1 aromatic carbocycles. The Bertz CT molecular complexity index is 1180. The van der Waals surface area contributed by atoms with Crippen LogP contribution in [0.5, 0.6) is 0 Å². The Balaban J connectivity index is 1.63. The fraction of sp³-hybridized carbons (Fsp3) is 0.333. The summed E-state index contributed by atoms with van der Waals surface area (Å²) in [5, 5.41) is 10.1. The number of sulfonamides is 1. The van der Waals surface area contributed by atoms with E-state index in [1.165, 1.54) is 4.31 Å². The van der Waals surface area contributed by atoms with E-state index in [1.807, 2.05) is 17.6 Å². The lowest BCUT2D eigenvalue weighted by Crippen LogP contribution is -2.40. The fourth-order valence-corrected chi connectivity index (χ4v) is 5.23. The Morgan fingerprint density at radius 2 is 1.87 bits per heavy atom. The standard InChI is InChI=1S/C21H23N3O5S/c1-15-19(13-20(25)26)18-3-2-8-22-21(18)24(15)14-16-4-6-17(7-5-16)30(27,28)23-9-11-29-12-10-23/h2-8H,9-14H2,1H3,(H,25,26). The maximum atomic E-state index is 12.8. The number of hydrogen-bond donors (Lipinski definition) is 1. The van der Waals surface area contributed by atoms with Crippen LogP contribution in [0.2, 0.25) is 0 Å². The second-order valence-electron chi connectivity index (χ2n) is 7.26. The zero-order chi connectivity index (χ0) is 21.3. The molecule has 0 atom stereocenters. The van der Waals surface area contributed by atoms with Gasteiger partial charge in [-0.25, -0.2) is 13.4 Å². The quantitative estimate of drug-likeness (QED) is 0.643. The molecule has 3 heterocycles. The number of carboxylic acid groups (broad SMARTS) is 1. The zero-order valence-corrected chi connectivity index (χ0v) is 17.4. The molecule has 1 aliphatic rings. The second-order valence-corrected chi connectivity index (χ2v) is 9.19. The Hall–Kier alpha value is -2.75. The van der Waals surface area contributed by atoms with E-state index >= 15 is 0 Å². The fourth-order valence-electron chi connectivity index (χ4n) is 3.82. The average Bonchev–Trinajstić information content (AvgIpc) is 3.00. The first-order valence-electron chi connectivity index (χ1n) is 9.69. The number of fused-ring (bicyclic) bond motifs is 1. The molecule has 0 spiro atoms. The molecule has 2 aromatic heterocycles. The molecule has 1 fully saturated rings. The van der Waals surface area contributed by atoms with Crippen molar-refractivity contribution in [3.05, 3.63) is 59.4 Å². The van der Waals surface area contributed by atoms with Crippen molar-refractivity contribution in [2.75, 3.05) is 26.3 Å². The lowest BCUT2D eigenvalue weighted by atomic mass is 10.1. The number of ether oxygens (including phenoxy) is 1. The van der Waals surface area contributed by atoms with Gasteiger partial charge in [0.1, 0.15) is 5.65 Å². The molecule has 0 aliphatic carbocycles. The summed E-state index contributed by atoms with van der Waals surface area (Å²) in [5.74, 6) is -0.890. The normalized spacial score (nSPS) is 15.5. The highest BCUT2D eigenvalue weighted by Gasteiger charge is 2.26. The molecule has 0 bridgehead atoms. The molecule has 30 heavy (non-hydrogen) atoms. The van der Waals surface area contributed by atoms with Crippen LogP contribution in [0.25, 0.3) is 11.0 Å². The monoisotopic (exact) mass is 429 g/mol. The van der Waals surface area contributed by atoms with Gasteiger partial charge in [-0.05, 0) is 42.3 Å². The average molecular weight is 429 g/mol. The maximum Gasteiger partial charge on any atom is 0.307 e. The molecule has 0 amide bonds. The summed E-state index contributed by atoms with van der Waals surface area (Å²) in [5.41, 5.74) is 3.22. The number of aromatic nitrogens is 2. The van der Waals surface area contributed by atoms with Crippen molar-refractivity contribution in [2.24, 2.45) is 0 Å². The zero-order valence-electron chi connectivity index (χ0n) is 16.6. The van der Waals surface area contributed by atoms with Crippen LogP contribution in [0.4, 0.5) is 0 Å². The van der Waals surface area contributed by atoms with Crippen molar-refractivity contribution in [1.82, 2.24) is 13.9 Å². The highest BCUT2D eigenvalue weighted by Crippen LogP contribution is 2.26. The first-order chi connectivity index (χ1) is 14.4. The minimum absolute atomic E-state index is 0.0717. The molecular weight excluding hydrogens is 406 g/mol. The van der Waals surface area contributed by atoms with Crippen LogP contribution in [-0.4, -0.2) is 59.7 Å². The molecule has 8 nitrogen and oxygen atoms in total. The smallest absolute Gasteiger partial charge is 0.307 e. The van der Waals surface area contributed by atoms with Crippen LogP contribution in [-0.2, 0) is 32.5 Å². The summed E-state index contributed by atoms with van der Waals surface area (Å²) in [4.78, 5) is 16.0. The van der Waals surface area contributed by atoms with Crippen molar-refractivity contribution in [3.8, 4) is 0 Å². The lowest BCUT2D eigenvalue weighted by Gasteiger charge is -2.26. The van der Waals surface area contributed by atoms with E-state index in [1.54, 1.807) is 36.5 Å². The van der Waals surface area contributed by atoms with Gasteiger partial charge in [0.05, 0.1) is 24.5 Å². The summed E-state index contributed by atoms with van der Waals surface area (Å²) >= 11 is 0. The van der Waals surface area contributed by atoms with Gasteiger partial charge in [0.2, 0.25) is 10.0 Å². The van der Waals surface area contributed by atoms with Gasteiger partial charge < -0.3 is 14.4 Å². The number of nitrogens with zero attached hydrogens (tertiary/aromatic N) is 3. The molecule has 0 saturated carbocycles. The van der Waals surface area contributed by atoms with Crippen LogP contribution in [0.3, 0.4) is 0 Å². The molecule has 3 aromatic rings. The van der Waals surface area contributed by atoms with Crippen LogP contribution in [0.15, 0.2) is 47.5 Å². The number of rotatable bonds is 6. The topological polar surface area (TPSA) is 102 Å². The molecular formula is C21H23N3O5S. The first kappa shape index (κ1) is 20.5. The number of benzene rings is 1. The predicted octanol–water partition coefficient (Wildman–Crippen LogP) is 2.04. The SMILES string of the molecule is Cc1c(CC(=O)O)c2cccnc2n1Cc1ccc(S(=O)(=O)N2CCOCC2)cc1. The minimum Gasteiger partial charge on any atom is -0.481 e. The molecule has 1 aliphatic heterocycles. The number of aliphatic carboxylic acids is 1. The molecule has 4 rings (SSSR count). The van der Waals surface area contributed by atoms with Crippen molar-refractivity contribution < 1.29 is 23.1 Å². The third-order valence-electron chi connectivity index (χ3n) is 5.41. The minimum atomic E-state index is -3.53. The highest BCUT2D eigenvalue weighted by atomic mass is 32.2. The molecule has 0 unspecified atom stereocenters. The summed E-state index contributed by atoms with van der Waals surface area (Å²) in [6.07, 6.45) is 1.61. The Morgan fingerprint density at radius 1 is 1.17 bits per heavy atom. The summed E-state index contributed by atoms with van der Waals surface area (Å²) in [7, 11) is -3.53. The third kappa shape index (κ3) is 3.83. The highest BCUT2D eigenvalue weighted by molar-refractivity contribution is 7.89. The van der Waals surface area contributed by atoms with Gasteiger partial charge in [-0.3, -0.25) is 4.79 Å². The van der Waals surface area contributed by atoms with Gasteiger partial charge in [-0.15, -0.1) is 0 Å². The lowest BCUT2D eigenvalue weighted by molar-refractivity contribution is -0.136. The van der Waals surface area contributed by atoms with Gasteiger partial charge in [0.15, 0.2) is 0 Å². The number of morpholine rings is 1. The van der Waals surface area contributed by atoms with Crippen molar-refractivity contribution >= 4 is 27.0 Å². The van der Waals surface area contributed by atoms with Gasteiger partial charge >= 0.3 is 5.97 Å². The van der Waals surface area contributed by atoms with Crippen LogP contribution in [0, 0.1) is 6.92 Å². The molecule has 1 N–H and O–H groups in total. The van der Waals surface area contributed by atoms with Gasteiger partial charge in [0, 0.05) is 36.9 Å². The van der Waals surface area contributed by atoms with E-state index in [-0.39, 0.29) is 11.3 Å². The summed E-state index contributed by atoms with van der Waals surface area (Å²) < 4.78 is 34.2. The number of carbonyl (C=O) groups is 1. The van der Waals surface area contributed by atoms with Crippen molar-refractivity contribution in [1.29, 1.82) is 0 Å². The van der Waals surface area contributed by atoms with Crippen molar-refractivity contribution in [3.63, 3.8) is 0 Å². The summed E-state index contributed by atoms with van der Waals surface area (Å²) in [6, 6.07) is 10.5. The maximum absolute atomic E-state index is 12.8. The van der Waals surface area contributed by atoms with Crippen molar-refractivity contribution in [2.45, 2.75) is 24.8 Å². The van der Waals surface area contributed by atoms with Gasteiger partial charge in [0.25, 0.3) is 0 Å².